The molecule has 0 aliphatic carbocycles. The van der Waals surface area contributed by atoms with Gasteiger partial charge in [0.2, 0.25) is 0 Å². The largest absolute Gasteiger partial charge is 0.454 e. The Balaban J connectivity index is 0.970. The van der Waals surface area contributed by atoms with E-state index in [1.54, 1.807) is 6.20 Å². The van der Waals surface area contributed by atoms with E-state index in [9.17, 15) is 0 Å². The number of nitrogens with zero attached hydrogens (tertiary/aromatic N) is 5. The maximum atomic E-state index is 6.08. The average Bonchev–Trinajstić information content (AvgIpc) is 3.87. The molecule has 0 amide bonds. The molecule has 4 aromatic heterocycles. The lowest BCUT2D eigenvalue weighted by molar-refractivity contribution is 0.667. The molecule has 0 spiro atoms. The van der Waals surface area contributed by atoms with E-state index in [-0.39, 0.29) is 0 Å². The first-order chi connectivity index (χ1) is 29.7. The van der Waals surface area contributed by atoms with Crippen LogP contribution in [0.4, 0.5) is 0 Å². The topological polar surface area (TPSA) is 69.6 Å². The number of hydrogen-bond acceptors (Lipinski definition) is 5. The van der Waals surface area contributed by atoms with Gasteiger partial charge in [-0.1, -0.05) is 146 Å². The van der Waals surface area contributed by atoms with Crippen molar-refractivity contribution in [2.75, 3.05) is 0 Å². The highest BCUT2D eigenvalue weighted by molar-refractivity contribution is 6.10. The van der Waals surface area contributed by atoms with Crippen LogP contribution in [-0.4, -0.2) is 24.5 Å². The Morgan fingerprint density at radius 2 is 0.983 bits per heavy atom. The molecule has 60 heavy (non-hydrogen) atoms. The number of para-hydroxylation sites is 2. The van der Waals surface area contributed by atoms with Gasteiger partial charge in [0.15, 0.2) is 23.1 Å². The quantitative estimate of drug-likeness (QED) is 0.168. The van der Waals surface area contributed by atoms with Crippen molar-refractivity contribution >= 4 is 54.5 Å². The summed E-state index contributed by atoms with van der Waals surface area (Å²) in [6.07, 6.45) is 1.76. The van der Waals surface area contributed by atoms with Crippen LogP contribution in [0.15, 0.2) is 205 Å². The molecule has 0 saturated heterocycles. The second kappa shape index (κ2) is 13.7. The molecule has 0 fully saturated rings. The monoisotopic (exact) mass is 767 g/mol. The normalized spacial score (nSPS) is 11.7. The van der Waals surface area contributed by atoms with E-state index in [1.807, 2.05) is 54.6 Å². The Bertz CT molecular complexity index is 3620. The van der Waals surface area contributed by atoms with Gasteiger partial charge < -0.3 is 8.98 Å². The first kappa shape index (κ1) is 33.9. The van der Waals surface area contributed by atoms with Crippen molar-refractivity contribution in [2.45, 2.75) is 0 Å². The van der Waals surface area contributed by atoms with E-state index in [0.717, 1.165) is 60.9 Å². The highest BCUT2D eigenvalue weighted by Crippen LogP contribution is 2.37. The Morgan fingerprint density at radius 3 is 1.88 bits per heavy atom. The zero-order valence-electron chi connectivity index (χ0n) is 32.2. The predicted octanol–water partition coefficient (Wildman–Crippen LogP) is 13.8. The number of fused-ring (bicyclic) bond motifs is 7. The lowest BCUT2D eigenvalue weighted by Gasteiger charge is -2.12. The fourth-order valence-electron chi connectivity index (χ4n) is 8.55. The third-order valence-corrected chi connectivity index (χ3v) is 11.5. The van der Waals surface area contributed by atoms with Crippen LogP contribution in [-0.2, 0) is 0 Å². The van der Waals surface area contributed by atoms with Gasteiger partial charge in [0, 0.05) is 38.4 Å². The molecule has 8 aromatic carbocycles. The summed E-state index contributed by atoms with van der Waals surface area (Å²) in [6.45, 7) is 0. The molecule has 12 aromatic rings. The van der Waals surface area contributed by atoms with E-state index in [4.69, 9.17) is 24.4 Å². The summed E-state index contributed by atoms with van der Waals surface area (Å²) < 4.78 is 8.47. The summed E-state index contributed by atoms with van der Waals surface area (Å²) in [7, 11) is 0. The first-order valence-electron chi connectivity index (χ1n) is 20.0. The molecule has 12 rings (SSSR count). The lowest BCUT2D eigenvalue weighted by atomic mass is 10.00. The maximum absolute atomic E-state index is 6.08. The zero-order chi connectivity index (χ0) is 39.6. The molecule has 280 valence electrons. The van der Waals surface area contributed by atoms with E-state index in [0.29, 0.717) is 23.2 Å². The third kappa shape index (κ3) is 5.73. The molecular formula is C54H33N5O. The van der Waals surface area contributed by atoms with E-state index < -0.39 is 0 Å². The van der Waals surface area contributed by atoms with Crippen LogP contribution in [0.25, 0.3) is 117 Å². The van der Waals surface area contributed by atoms with Gasteiger partial charge in [-0.3, -0.25) is 0 Å². The minimum atomic E-state index is 0.493. The molecule has 4 heterocycles. The highest BCUT2D eigenvalue weighted by atomic mass is 16.3. The molecule has 0 N–H and O–H groups in total. The second-order valence-electron chi connectivity index (χ2n) is 15.1. The van der Waals surface area contributed by atoms with Crippen molar-refractivity contribution in [2.24, 2.45) is 0 Å². The molecule has 0 radical (unpaired) electrons. The van der Waals surface area contributed by atoms with Crippen molar-refractivity contribution in [3.8, 4) is 62.2 Å². The summed E-state index contributed by atoms with van der Waals surface area (Å²) in [5.74, 6) is 1.64. The SMILES string of the molecule is c1ccc(-c2nc(-c3cccc(-c4cccc(-n5c6ccccc6c6ccc(-c7ccc8ccccc8c7)cc65)c4)c3)nc(-c3cc4c(cn3)oc3ccccc34)n2)cc1. The number of aromatic nitrogens is 5. The van der Waals surface area contributed by atoms with Gasteiger partial charge in [0.1, 0.15) is 11.3 Å². The van der Waals surface area contributed by atoms with Crippen LogP contribution in [0, 0.1) is 0 Å². The molecule has 6 heteroatoms. The smallest absolute Gasteiger partial charge is 0.182 e. The fraction of sp³-hybridized carbons (Fsp3) is 0. The summed E-state index contributed by atoms with van der Waals surface area (Å²) in [5.41, 5.74) is 11.9. The number of benzene rings is 8. The molecular weight excluding hydrogens is 735 g/mol. The van der Waals surface area contributed by atoms with Crippen molar-refractivity contribution in [1.82, 2.24) is 24.5 Å². The summed E-state index contributed by atoms with van der Waals surface area (Å²) in [4.78, 5) is 19.8. The van der Waals surface area contributed by atoms with Gasteiger partial charge in [-0.05, 0) is 81.6 Å². The summed E-state index contributed by atoms with van der Waals surface area (Å²) in [5, 5.41) is 6.90. The fourth-order valence-corrected chi connectivity index (χ4v) is 8.55. The Labute approximate surface area is 344 Å². The van der Waals surface area contributed by atoms with Crippen molar-refractivity contribution < 1.29 is 4.42 Å². The van der Waals surface area contributed by atoms with Gasteiger partial charge in [-0.25, -0.2) is 19.9 Å². The maximum Gasteiger partial charge on any atom is 0.182 e. The van der Waals surface area contributed by atoms with Crippen LogP contribution < -0.4 is 0 Å². The van der Waals surface area contributed by atoms with Gasteiger partial charge >= 0.3 is 0 Å². The van der Waals surface area contributed by atoms with Gasteiger partial charge in [0.25, 0.3) is 0 Å². The van der Waals surface area contributed by atoms with Gasteiger partial charge in [0.05, 0.1) is 17.2 Å². The first-order valence-corrected chi connectivity index (χ1v) is 20.0. The van der Waals surface area contributed by atoms with Crippen LogP contribution in [0.1, 0.15) is 0 Å². The molecule has 0 atom stereocenters. The Morgan fingerprint density at radius 1 is 0.350 bits per heavy atom. The number of furan rings is 1. The molecule has 0 unspecified atom stereocenters. The average molecular weight is 768 g/mol. The number of rotatable bonds is 6. The predicted molar refractivity (Wildman–Crippen MR) is 244 cm³/mol. The van der Waals surface area contributed by atoms with Crippen LogP contribution in [0.5, 0.6) is 0 Å². The molecule has 0 saturated carbocycles. The van der Waals surface area contributed by atoms with Crippen molar-refractivity contribution in [3.05, 3.63) is 200 Å². The molecule has 6 nitrogen and oxygen atoms in total. The van der Waals surface area contributed by atoms with Crippen molar-refractivity contribution in [1.29, 1.82) is 0 Å². The molecule has 0 aliphatic rings. The van der Waals surface area contributed by atoms with Gasteiger partial charge in [-0.2, -0.15) is 0 Å². The zero-order valence-corrected chi connectivity index (χ0v) is 32.2. The van der Waals surface area contributed by atoms with Crippen LogP contribution in [0.2, 0.25) is 0 Å². The minimum Gasteiger partial charge on any atom is -0.454 e. The highest BCUT2D eigenvalue weighted by Gasteiger charge is 2.18. The summed E-state index contributed by atoms with van der Waals surface area (Å²) >= 11 is 0. The summed E-state index contributed by atoms with van der Waals surface area (Å²) in [6, 6.07) is 68.0. The van der Waals surface area contributed by atoms with Crippen LogP contribution >= 0.6 is 0 Å². The van der Waals surface area contributed by atoms with E-state index in [2.05, 4.69) is 144 Å². The Kier molecular flexibility index (Phi) is 7.74. The molecule has 0 aliphatic heterocycles. The second-order valence-corrected chi connectivity index (χ2v) is 15.1. The lowest BCUT2D eigenvalue weighted by Crippen LogP contribution is -2.01. The number of hydrogen-bond donors (Lipinski definition) is 0. The standard InChI is InChI=1S/C54H33N5O/c1-2-13-35(14-3-1)52-56-53(58-54(57-52)47-32-46-45-21-7-9-23-50(45)60-51(46)33-55-47)41-18-10-16-37(29-41)38-17-11-19-42(30-38)59-48-22-8-6-20-43(48)44-27-26-40(31-49(44)59)39-25-24-34-12-4-5-15-36(34)28-39/h1-33H. The van der Waals surface area contributed by atoms with E-state index in [1.165, 1.54) is 32.7 Å². The van der Waals surface area contributed by atoms with Gasteiger partial charge in [-0.15, -0.1) is 0 Å². The Hall–Kier alpha value is -8.22. The third-order valence-electron chi connectivity index (χ3n) is 11.5. The van der Waals surface area contributed by atoms with Crippen LogP contribution in [0.3, 0.4) is 0 Å². The minimum absolute atomic E-state index is 0.493. The molecule has 0 bridgehead atoms. The van der Waals surface area contributed by atoms with Crippen molar-refractivity contribution in [3.63, 3.8) is 0 Å². The number of pyridine rings is 1. The van der Waals surface area contributed by atoms with E-state index >= 15 is 0 Å².